The van der Waals surface area contributed by atoms with Crippen LogP contribution in [0, 0.1) is 26.7 Å². The van der Waals surface area contributed by atoms with E-state index in [0.29, 0.717) is 23.2 Å². The summed E-state index contributed by atoms with van der Waals surface area (Å²) in [7, 11) is 8.14. The first-order valence-corrected chi connectivity index (χ1v) is 11.3. The maximum absolute atomic E-state index is 5.19. The number of benzene rings is 2. The minimum absolute atomic E-state index is 0.635. The summed E-state index contributed by atoms with van der Waals surface area (Å²) in [5.41, 5.74) is 4.63. The van der Waals surface area contributed by atoms with Crippen molar-refractivity contribution in [3.05, 3.63) is 64.8 Å². The van der Waals surface area contributed by atoms with Crippen molar-refractivity contribution in [2.45, 2.75) is 48.5 Å². The Balaban J connectivity index is 0.000000490. The zero-order chi connectivity index (χ0) is 26.3. The molecule has 0 spiro atoms. The molecule has 0 N–H and O–H groups in total. The van der Waals surface area contributed by atoms with Gasteiger partial charge < -0.3 is 23.7 Å². The smallest absolute Gasteiger partial charge is 0.203 e. The fraction of sp³-hybridized carbons (Fsp3) is 0.448. The minimum Gasteiger partial charge on any atom is -0.496 e. The van der Waals surface area contributed by atoms with Gasteiger partial charge in [0.05, 0.1) is 35.5 Å². The molecule has 0 aliphatic rings. The van der Waals surface area contributed by atoms with Gasteiger partial charge in [-0.05, 0) is 75.9 Å². The van der Waals surface area contributed by atoms with Gasteiger partial charge in [-0.1, -0.05) is 37.6 Å². The van der Waals surface area contributed by atoms with Crippen LogP contribution in [0.15, 0.2) is 48.1 Å². The van der Waals surface area contributed by atoms with E-state index in [1.54, 1.807) is 35.5 Å². The molecule has 0 atom stereocenters. The SMILES string of the molecule is C/C=C\C(C)=C/C(C)C.COc1cc(C)cc(OC)c1C.COc1cc(C)cc(OC)c1OC. The van der Waals surface area contributed by atoms with E-state index in [2.05, 4.69) is 39.0 Å². The second-order valence-corrected chi connectivity index (χ2v) is 8.15. The van der Waals surface area contributed by atoms with E-state index in [0.717, 1.165) is 28.2 Å². The Bertz CT molecular complexity index is 876. The van der Waals surface area contributed by atoms with Crippen LogP contribution in [0.4, 0.5) is 0 Å². The van der Waals surface area contributed by atoms with Crippen LogP contribution in [-0.2, 0) is 0 Å². The Morgan fingerprint density at radius 3 is 1.35 bits per heavy atom. The molecule has 5 nitrogen and oxygen atoms in total. The predicted octanol–water partition coefficient (Wildman–Crippen LogP) is 7.51. The normalized spacial score (nSPS) is 10.7. The van der Waals surface area contributed by atoms with Crippen LogP contribution in [0.3, 0.4) is 0 Å². The van der Waals surface area contributed by atoms with Crippen LogP contribution >= 0.6 is 0 Å². The number of aryl methyl sites for hydroxylation is 2. The highest BCUT2D eigenvalue weighted by atomic mass is 16.5. The van der Waals surface area contributed by atoms with E-state index in [4.69, 9.17) is 23.7 Å². The van der Waals surface area contributed by atoms with Crippen molar-refractivity contribution >= 4 is 0 Å². The average molecular weight is 473 g/mol. The third kappa shape index (κ3) is 10.7. The number of rotatable bonds is 7. The summed E-state index contributed by atoms with van der Waals surface area (Å²) in [5, 5.41) is 0. The molecule has 0 unspecified atom stereocenters. The van der Waals surface area contributed by atoms with E-state index in [-0.39, 0.29) is 0 Å². The van der Waals surface area contributed by atoms with Gasteiger partial charge in [-0.25, -0.2) is 0 Å². The molecule has 5 heteroatoms. The fourth-order valence-electron chi connectivity index (χ4n) is 3.27. The third-order valence-corrected chi connectivity index (χ3v) is 4.73. The summed E-state index contributed by atoms with van der Waals surface area (Å²) in [6.45, 7) is 14.5. The maximum Gasteiger partial charge on any atom is 0.203 e. The molecule has 0 fully saturated rings. The second kappa shape index (κ2) is 16.5. The molecule has 0 aromatic heterocycles. The van der Waals surface area contributed by atoms with Crippen LogP contribution < -0.4 is 23.7 Å². The zero-order valence-electron chi connectivity index (χ0n) is 23.2. The Morgan fingerprint density at radius 1 is 0.676 bits per heavy atom. The molecule has 0 aliphatic heterocycles. The van der Waals surface area contributed by atoms with Crippen LogP contribution in [0.1, 0.15) is 44.4 Å². The van der Waals surface area contributed by atoms with Gasteiger partial charge in [0.2, 0.25) is 5.75 Å². The average Bonchev–Trinajstić information content (AvgIpc) is 2.80. The van der Waals surface area contributed by atoms with Crippen LogP contribution in [0.2, 0.25) is 0 Å². The van der Waals surface area contributed by atoms with Crippen LogP contribution in [-0.4, -0.2) is 35.5 Å². The molecule has 2 aromatic carbocycles. The number of hydrogen-bond donors (Lipinski definition) is 0. The van der Waals surface area contributed by atoms with Crippen molar-refractivity contribution in [1.29, 1.82) is 0 Å². The highest BCUT2D eigenvalue weighted by Gasteiger charge is 2.10. The standard InChI is InChI=1S/C10H14O3.C10H14O2.C9H16/c1-7-5-8(11-2)10(13-4)9(6-7)12-3;1-7-5-9(11-3)8(2)10(6-7)12-4;1-5-6-9(4)7-8(2)3/h5-6H,1-4H3;5-6H,1-4H3;5-8H,1-4H3/b;;6-5-,9-7-. The lowest BCUT2D eigenvalue weighted by Gasteiger charge is -2.12. The zero-order valence-corrected chi connectivity index (χ0v) is 23.2. The topological polar surface area (TPSA) is 46.2 Å². The molecule has 0 saturated carbocycles. The van der Waals surface area contributed by atoms with Gasteiger partial charge in [0.25, 0.3) is 0 Å². The molecule has 0 radical (unpaired) electrons. The molecule has 34 heavy (non-hydrogen) atoms. The summed E-state index contributed by atoms with van der Waals surface area (Å²) in [6.07, 6.45) is 6.44. The molecular formula is C29H44O5. The monoisotopic (exact) mass is 472 g/mol. The van der Waals surface area contributed by atoms with E-state index in [1.807, 2.05) is 52.0 Å². The Hall–Kier alpha value is -3.08. The van der Waals surface area contributed by atoms with E-state index >= 15 is 0 Å². The summed E-state index contributed by atoms with van der Waals surface area (Å²) >= 11 is 0. The van der Waals surface area contributed by atoms with Gasteiger partial charge in [0.15, 0.2) is 11.5 Å². The molecule has 2 rings (SSSR count). The highest BCUT2D eigenvalue weighted by Crippen LogP contribution is 2.37. The van der Waals surface area contributed by atoms with E-state index in [9.17, 15) is 0 Å². The molecule has 2 aromatic rings. The largest absolute Gasteiger partial charge is 0.496 e. The maximum atomic E-state index is 5.19. The van der Waals surface area contributed by atoms with Gasteiger partial charge >= 0.3 is 0 Å². The molecule has 190 valence electrons. The predicted molar refractivity (Wildman–Crippen MR) is 143 cm³/mol. The van der Waals surface area contributed by atoms with E-state index in [1.165, 1.54) is 5.57 Å². The summed E-state index contributed by atoms with van der Waals surface area (Å²) < 4.78 is 25.8. The molecular weight excluding hydrogens is 428 g/mol. The third-order valence-electron chi connectivity index (χ3n) is 4.73. The van der Waals surface area contributed by atoms with Gasteiger partial charge in [-0.3, -0.25) is 0 Å². The van der Waals surface area contributed by atoms with Gasteiger partial charge in [-0.15, -0.1) is 0 Å². The lowest BCUT2D eigenvalue weighted by atomic mass is 10.1. The number of methoxy groups -OCH3 is 5. The van der Waals surface area contributed by atoms with Crippen molar-refractivity contribution in [3.63, 3.8) is 0 Å². The first kappa shape index (κ1) is 30.9. The number of allylic oxidation sites excluding steroid dienone is 4. The first-order chi connectivity index (χ1) is 16.1. The first-order valence-electron chi connectivity index (χ1n) is 11.3. The Morgan fingerprint density at radius 2 is 1.06 bits per heavy atom. The lowest BCUT2D eigenvalue weighted by molar-refractivity contribution is 0.324. The summed E-state index contributed by atoms with van der Waals surface area (Å²) in [5.74, 6) is 4.45. The highest BCUT2D eigenvalue weighted by molar-refractivity contribution is 5.53. The van der Waals surface area contributed by atoms with Crippen molar-refractivity contribution in [2.24, 2.45) is 5.92 Å². The second-order valence-electron chi connectivity index (χ2n) is 8.15. The fourth-order valence-corrected chi connectivity index (χ4v) is 3.27. The number of ether oxygens (including phenoxy) is 5. The van der Waals surface area contributed by atoms with Crippen molar-refractivity contribution < 1.29 is 23.7 Å². The molecule has 0 bridgehead atoms. The molecule has 0 aliphatic carbocycles. The minimum atomic E-state index is 0.635. The molecule has 0 amide bonds. The van der Waals surface area contributed by atoms with E-state index < -0.39 is 0 Å². The Labute approximate surface area is 207 Å². The molecule has 0 heterocycles. The Kier molecular flexibility index (Phi) is 15.0. The van der Waals surface area contributed by atoms with Crippen molar-refractivity contribution in [2.75, 3.05) is 35.5 Å². The quantitative estimate of drug-likeness (QED) is 0.390. The van der Waals surface area contributed by atoms with Gasteiger partial charge in [-0.2, -0.15) is 0 Å². The van der Waals surface area contributed by atoms with Gasteiger partial charge in [0.1, 0.15) is 11.5 Å². The van der Waals surface area contributed by atoms with Crippen LogP contribution in [0.5, 0.6) is 28.7 Å². The van der Waals surface area contributed by atoms with Crippen LogP contribution in [0.25, 0.3) is 0 Å². The van der Waals surface area contributed by atoms with Crippen molar-refractivity contribution in [3.8, 4) is 28.7 Å². The summed E-state index contributed by atoms with van der Waals surface area (Å²) in [6, 6.07) is 7.80. The molecule has 0 saturated heterocycles. The lowest BCUT2D eigenvalue weighted by Crippen LogP contribution is -1.95. The number of hydrogen-bond acceptors (Lipinski definition) is 5. The van der Waals surface area contributed by atoms with Crippen molar-refractivity contribution in [1.82, 2.24) is 0 Å². The van der Waals surface area contributed by atoms with Gasteiger partial charge in [0, 0.05) is 5.56 Å². The summed E-state index contributed by atoms with van der Waals surface area (Å²) in [4.78, 5) is 0.